The molecule has 1 amide bonds. The summed E-state index contributed by atoms with van der Waals surface area (Å²) in [5.41, 5.74) is 1.16. The van der Waals surface area contributed by atoms with E-state index in [4.69, 9.17) is 17.4 Å². The van der Waals surface area contributed by atoms with E-state index in [-0.39, 0.29) is 29.3 Å². The van der Waals surface area contributed by atoms with Crippen LogP contribution < -0.4 is 15.4 Å². The lowest BCUT2D eigenvalue weighted by Gasteiger charge is -2.10. The maximum atomic E-state index is 12.4. The number of rotatable bonds is 5. The van der Waals surface area contributed by atoms with Gasteiger partial charge in [0.15, 0.2) is 5.58 Å². The summed E-state index contributed by atoms with van der Waals surface area (Å²) in [6.45, 7) is -0.496. The van der Waals surface area contributed by atoms with Crippen molar-refractivity contribution in [2.45, 2.75) is 13.3 Å². The van der Waals surface area contributed by atoms with Crippen molar-refractivity contribution in [3.05, 3.63) is 36.7 Å². The van der Waals surface area contributed by atoms with Gasteiger partial charge in [-0.2, -0.15) is 0 Å². The highest BCUT2D eigenvalue weighted by molar-refractivity contribution is 6.03. The molecule has 2 N–H and O–H groups in total. The fourth-order valence-electron chi connectivity index (χ4n) is 3.47. The molecule has 1 fully saturated rings. The molecule has 1 saturated carbocycles. The van der Waals surface area contributed by atoms with Gasteiger partial charge in [0.2, 0.25) is 11.8 Å². The smallest absolute Gasteiger partial charge is 0.229 e. The number of fused-ring (bicyclic) bond motifs is 2. The van der Waals surface area contributed by atoms with Crippen LogP contribution >= 0.6 is 0 Å². The zero-order valence-corrected chi connectivity index (χ0v) is 15.9. The molecule has 4 aromatic rings. The Morgan fingerprint density at radius 3 is 2.97 bits per heavy atom. The molecule has 30 heavy (non-hydrogen) atoms. The van der Waals surface area contributed by atoms with Gasteiger partial charge >= 0.3 is 0 Å². The molecule has 1 aromatic carbocycles. The number of hydrogen-bond acceptors (Lipinski definition) is 7. The first-order valence-electron chi connectivity index (χ1n) is 12.3. The van der Waals surface area contributed by atoms with E-state index in [2.05, 4.69) is 25.6 Å². The Morgan fingerprint density at radius 2 is 2.17 bits per heavy atom. The minimum absolute atomic E-state index is 0.0597. The van der Waals surface area contributed by atoms with Crippen LogP contribution in [0.5, 0.6) is 5.75 Å². The van der Waals surface area contributed by atoms with E-state index in [0.29, 0.717) is 39.2 Å². The van der Waals surface area contributed by atoms with Crippen LogP contribution in [-0.4, -0.2) is 34.9 Å². The van der Waals surface area contributed by atoms with Crippen LogP contribution in [0.3, 0.4) is 0 Å². The number of oxazole rings is 1. The highest BCUT2D eigenvalue weighted by atomic mass is 16.5. The van der Waals surface area contributed by atoms with Gasteiger partial charge in [0.05, 0.1) is 16.7 Å². The second-order valence-corrected chi connectivity index (χ2v) is 7.32. The third-order valence-electron chi connectivity index (χ3n) is 5.30. The summed E-state index contributed by atoms with van der Waals surface area (Å²) in [5.74, 6) is 0.770. The number of nitrogens with one attached hydrogen (secondary N) is 2. The maximum Gasteiger partial charge on any atom is 0.229 e. The fourth-order valence-corrected chi connectivity index (χ4v) is 3.47. The van der Waals surface area contributed by atoms with E-state index in [1.807, 2.05) is 6.92 Å². The summed E-state index contributed by atoms with van der Waals surface area (Å²) in [6, 6.07) is 6.05. The number of aromatic nitrogens is 3. The summed E-state index contributed by atoms with van der Waals surface area (Å²) in [5, 5.41) is 6.08. The summed E-state index contributed by atoms with van der Waals surface area (Å²) < 4.78 is 55.3. The first-order valence-corrected chi connectivity index (χ1v) is 9.34. The van der Waals surface area contributed by atoms with E-state index >= 15 is 0 Å². The summed E-state index contributed by atoms with van der Waals surface area (Å²) in [7, 11) is -2.61. The van der Waals surface area contributed by atoms with Gasteiger partial charge in [0.25, 0.3) is 0 Å². The van der Waals surface area contributed by atoms with Gasteiger partial charge in [0, 0.05) is 46.2 Å². The molecule has 0 saturated heterocycles. The molecule has 8 heteroatoms. The second-order valence-electron chi connectivity index (χ2n) is 7.32. The summed E-state index contributed by atoms with van der Waals surface area (Å²) >= 11 is 0. The SMILES string of the molecule is [2H]C([2H])([2H])Nc1ncc(-c2nc3cc(OC([2H])([2H])[2H])ccc3o2)c2cc(NC(=O)[C@H]3C[C@H]3C)ncc12. The van der Waals surface area contributed by atoms with Crippen LogP contribution in [0.2, 0.25) is 0 Å². The molecule has 1 aliphatic carbocycles. The topological polar surface area (TPSA) is 102 Å². The Hall–Kier alpha value is -3.68. The van der Waals surface area contributed by atoms with Gasteiger partial charge in [-0.3, -0.25) is 4.79 Å². The normalized spacial score (nSPS) is 21.6. The van der Waals surface area contributed by atoms with Crippen LogP contribution in [0.4, 0.5) is 11.6 Å². The lowest BCUT2D eigenvalue weighted by molar-refractivity contribution is -0.117. The lowest BCUT2D eigenvalue weighted by atomic mass is 10.1. The van der Waals surface area contributed by atoms with Crippen molar-refractivity contribution >= 4 is 39.4 Å². The van der Waals surface area contributed by atoms with Gasteiger partial charge in [-0.25, -0.2) is 15.0 Å². The Bertz CT molecular complexity index is 1480. The summed E-state index contributed by atoms with van der Waals surface area (Å²) in [6.07, 6.45) is 3.66. The number of pyridine rings is 2. The van der Waals surface area contributed by atoms with Crippen LogP contribution in [0.1, 0.15) is 21.6 Å². The maximum absolute atomic E-state index is 12.4. The molecule has 0 spiro atoms. The Balaban J connectivity index is 1.59. The molecule has 3 heterocycles. The van der Waals surface area contributed by atoms with E-state index in [9.17, 15) is 4.79 Å². The lowest BCUT2D eigenvalue weighted by Crippen LogP contribution is -2.15. The molecule has 0 unspecified atom stereocenters. The number of carbonyl (C=O) groups is 1. The highest BCUT2D eigenvalue weighted by Crippen LogP contribution is 2.39. The van der Waals surface area contributed by atoms with Crippen LogP contribution in [0.25, 0.3) is 33.3 Å². The molecule has 0 radical (unpaired) electrons. The number of carbonyl (C=O) groups excluding carboxylic acids is 1. The predicted molar refractivity (Wildman–Crippen MR) is 115 cm³/mol. The number of ether oxygens (including phenoxy) is 1. The van der Waals surface area contributed by atoms with Crippen molar-refractivity contribution in [3.63, 3.8) is 0 Å². The third-order valence-corrected chi connectivity index (χ3v) is 5.30. The molecule has 152 valence electrons. The predicted octanol–water partition coefficient (Wildman–Crippen LogP) is 4.08. The minimum Gasteiger partial charge on any atom is -0.497 e. The minimum atomic E-state index is -2.61. The van der Waals surface area contributed by atoms with E-state index in [1.165, 1.54) is 30.6 Å². The zero-order chi connectivity index (χ0) is 25.8. The van der Waals surface area contributed by atoms with Crippen molar-refractivity contribution in [3.8, 4) is 17.2 Å². The molecular weight excluding hydrogens is 382 g/mol. The number of amides is 1. The van der Waals surface area contributed by atoms with Crippen molar-refractivity contribution in [1.29, 1.82) is 0 Å². The van der Waals surface area contributed by atoms with Gasteiger partial charge in [0.1, 0.15) is 22.9 Å². The van der Waals surface area contributed by atoms with E-state index in [0.717, 1.165) is 6.42 Å². The third kappa shape index (κ3) is 3.10. The Morgan fingerprint density at radius 1 is 1.27 bits per heavy atom. The Labute approximate surface area is 181 Å². The van der Waals surface area contributed by atoms with Crippen molar-refractivity contribution in [2.75, 3.05) is 24.6 Å². The number of benzene rings is 1. The average Bonchev–Trinajstić information content (AvgIpc) is 3.35. The molecule has 2 atom stereocenters. The van der Waals surface area contributed by atoms with E-state index < -0.39 is 14.0 Å². The zero-order valence-electron chi connectivity index (χ0n) is 21.9. The van der Waals surface area contributed by atoms with Crippen molar-refractivity contribution < 1.29 is 22.2 Å². The first kappa shape index (κ1) is 12.8. The van der Waals surface area contributed by atoms with Gasteiger partial charge in [-0.05, 0) is 30.5 Å². The molecular formula is C22H21N5O3. The van der Waals surface area contributed by atoms with Gasteiger partial charge in [-0.15, -0.1) is 0 Å². The van der Waals surface area contributed by atoms with Gasteiger partial charge < -0.3 is 19.8 Å². The largest absolute Gasteiger partial charge is 0.497 e. The first-order chi connectivity index (χ1) is 16.9. The molecule has 0 bridgehead atoms. The van der Waals surface area contributed by atoms with Crippen LogP contribution in [-0.2, 0) is 4.79 Å². The molecule has 5 rings (SSSR count). The average molecular weight is 409 g/mol. The number of nitrogens with zero attached hydrogens (tertiary/aromatic N) is 3. The fraction of sp³-hybridized carbons (Fsp3) is 0.273. The summed E-state index contributed by atoms with van der Waals surface area (Å²) in [4.78, 5) is 25.4. The molecule has 1 aliphatic rings. The number of hydrogen-bond donors (Lipinski definition) is 2. The van der Waals surface area contributed by atoms with Crippen molar-refractivity contribution in [1.82, 2.24) is 15.0 Å². The Kier molecular flexibility index (Phi) is 2.98. The number of methoxy groups -OCH3 is 1. The second kappa shape index (κ2) is 6.98. The highest BCUT2D eigenvalue weighted by Gasteiger charge is 2.39. The standard InChI is InChI=1S/C22H21N5O3/c1-11-6-13(11)21(28)27-19-8-14-15(9-24-19)20(23-2)25-10-16(14)22-26-17-7-12(29-3)4-5-18(17)30-22/h4-5,7-11,13H,6H2,1-3H3,(H,23,25)(H,24,27,28)/t11-,13+/m1/s1/i2D3,3D3. The van der Waals surface area contributed by atoms with E-state index in [1.54, 1.807) is 6.07 Å². The molecule has 8 nitrogen and oxygen atoms in total. The molecule has 3 aromatic heterocycles. The molecule has 0 aliphatic heterocycles. The quantitative estimate of drug-likeness (QED) is 0.512. The monoisotopic (exact) mass is 409 g/mol. The van der Waals surface area contributed by atoms with Crippen LogP contribution in [0.15, 0.2) is 41.1 Å². The van der Waals surface area contributed by atoms with Crippen LogP contribution in [0, 0.1) is 11.8 Å². The van der Waals surface area contributed by atoms with Crippen molar-refractivity contribution in [2.24, 2.45) is 11.8 Å². The number of anilines is 2. The van der Waals surface area contributed by atoms with Gasteiger partial charge in [-0.1, -0.05) is 6.92 Å².